The van der Waals surface area contributed by atoms with E-state index in [4.69, 9.17) is 0 Å². The molecule has 0 bridgehead atoms. The number of pyridine rings is 1. The molecule has 2 amide bonds. The van der Waals surface area contributed by atoms with Crippen molar-refractivity contribution in [3.05, 3.63) is 90.3 Å². The Morgan fingerprint density at radius 1 is 0.966 bits per heavy atom. The predicted octanol–water partition coefficient (Wildman–Crippen LogP) is 3.48. The zero-order valence-electron chi connectivity index (χ0n) is 16.3. The molecule has 0 radical (unpaired) electrons. The number of nitrogens with zero attached hydrogens (tertiary/aromatic N) is 2. The fourth-order valence-electron chi connectivity index (χ4n) is 2.92. The van der Waals surface area contributed by atoms with Crippen molar-refractivity contribution in [1.29, 1.82) is 0 Å². The Labute approximate surface area is 170 Å². The molecule has 6 heteroatoms. The first kappa shape index (κ1) is 20.1. The Morgan fingerprint density at radius 3 is 2.45 bits per heavy atom. The summed E-state index contributed by atoms with van der Waals surface area (Å²) in [6, 6.07) is 20.6. The topological polar surface area (TPSA) is 74.3 Å². The van der Waals surface area contributed by atoms with Crippen molar-refractivity contribution in [2.45, 2.75) is 13.5 Å². The lowest BCUT2D eigenvalue weighted by atomic mass is 10.2. The monoisotopic (exact) mass is 388 g/mol. The van der Waals surface area contributed by atoms with Crippen LogP contribution in [0.5, 0.6) is 0 Å². The van der Waals surface area contributed by atoms with Gasteiger partial charge in [-0.1, -0.05) is 30.3 Å². The third kappa shape index (κ3) is 5.90. The number of amides is 2. The van der Waals surface area contributed by atoms with Crippen LogP contribution in [-0.4, -0.2) is 29.9 Å². The van der Waals surface area contributed by atoms with Gasteiger partial charge in [-0.15, -0.1) is 0 Å². The Balaban J connectivity index is 1.55. The largest absolute Gasteiger partial charge is 0.363 e. The SMILES string of the molecule is CCN(CC(=O)NCc1cccc(NC(=O)c2ccncc2)c1)c1ccccc1. The van der Waals surface area contributed by atoms with Gasteiger partial charge in [-0.05, 0) is 48.9 Å². The Bertz CT molecular complexity index is 945. The van der Waals surface area contributed by atoms with E-state index in [1.54, 1.807) is 24.5 Å². The number of rotatable bonds is 8. The minimum Gasteiger partial charge on any atom is -0.363 e. The minimum atomic E-state index is -0.199. The van der Waals surface area contributed by atoms with E-state index in [-0.39, 0.29) is 11.8 Å². The second kappa shape index (κ2) is 10.0. The van der Waals surface area contributed by atoms with Crippen LogP contribution in [0.2, 0.25) is 0 Å². The highest BCUT2D eigenvalue weighted by molar-refractivity contribution is 6.04. The van der Waals surface area contributed by atoms with E-state index in [0.29, 0.717) is 24.3 Å². The standard InChI is InChI=1S/C23H24N4O2/c1-2-27(21-9-4-3-5-10-21)17-22(28)25-16-18-7-6-8-20(15-18)26-23(29)19-11-13-24-14-12-19/h3-15H,2,16-17H2,1H3,(H,25,28)(H,26,29). The average molecular weight is 388 g/mol. The highest BCUT2D eigenvalue weighted by Crippen LogP contribution is 2.14. The smallest absolute Gasteiger partial charge is 0.255 e. The van der Waals surface area contributed by atoms with Crippen LogP contribution in [0.4, 0.5) is 11.4 Å². The molecule has 0 aliphatic heterocycles. The van der Waals surface area contributed by atoms with Crippen molar-refractivity contribution < 1.29 is 9.59 Å². The molecule has 0 unspecified atom stereocenters. The van der Waals surface area contributed by atoms with E-state index in [2.05, 4.69) is 15.6 Å². The fraction of sp³-hybridized carbons (Fsp3) is 0.174. The predicted molar refractivity (Wildman–Crippen MR) is 115 cm³/mol. The van der Waals surface area contributed by atoms with Gasteiger partial charge in [0.15, 0.2) is 0 Å². The summed E-state index contributed by atoms with van der Waals surface area (Å²) in [5.74, 6) is -0.253. The average Bonchev–Trinajstić information content (AvgIpc) is 2.77. The highest BCUT2D eigenvalue weighted by Gasteiger charge is 2.10. The molecule has 3 aromatic rings. The highest BCUT2D eigenvalue weighted by atomic mass is 16.2. The molecule has 1 aromatic heterocycles. The van der Waals surface area contributed by atoms with Gasteiger partial charge >= 0.3 is 0 Å². The van der Waals surface area contributed by atoms with Crippen LogP contribution in [0.15, 0.2) is 79.1 Å². The quantitative estimate of drug-likeness (QED) is 0.620. The summed E-state index contributed by atoms with van der Waals surface area (Å²) in [5, 5.41) is 5.81. The van der Waals surface area contributed by atoms with E-state index < -0.39 is 0 Å². The van der Waals surface area contributed by atoms with Crippen LogP contribution in [0.1, 0.15) is 22.8 Å². The van der Waals surface area contributed by atoms with Gasteiger partial charge < -0.3 is 15.5 Å². The van der Waals surface area contributed by atoms with Crippen LogP contribution >= 0.6 is 0 Å². The van der Waals surface area contributed by atoms with Crippen LogP contribution in [0.25, 0.3) is 0 Å². The molecule has 2 N–H and O–H groups in total. The van der Waals surface area contributed by atoms with Crippen LogP contribution in [0, 0.1) is 0 Å². The van der Waals surface area contributed by atoms with E-state index in [1.807, 2.05) is 66.4 Å². The van der Waals surface area contributed by atoms with Gasteiger partial charge in [0.2, 0.25) is 5.91 Å². The number of anilines is 2. The van der Waals surface area contributed by atoms with E-state index in [0.717, 1.165) is 17.8 Å². The summed E-state index contributed by atoms with van der Waals surface area (Å²) in [6.45, 7) is 3.45. The zero-order valence-corrected chi connectivity index (χ0v) is 16.3. The first-order valence-electron chi connectivity index (χ1n) is 9.52. The van der Waals surface area contributed by atoms with Crippen molar-refractivity contribution in [3.63, 3.8) is 0 Å². The minimum absolute atomic E-state index is 0.0538. The second-order valence-electron chi connectivity index (χ2n) is 6.52. The van der Waals surface area contributed by atoms with Crippen molar-refractivity contribution >= 4 is 23.2 Å². The van der Waals surface area contributed by atoms with Gasteiger partial charge in [-0.3, -0.25) is 14.6 Å². The van der Waals surface area contributed by atoms with E-state index in [1.165, 1.54) is 0 Å². The Kier molecular flexibility index (Phi) is 6.95. The Hall–Kier alpha value is -3.67. The molecular formula is C23H24N4O2. The summed E-state index contributed by atoms with van der Waals surface area (Å²) in [7, 11) is 0. The molecule has 0 aliphatic rings. The normalized spacial score (nSPS) is 10.2. The van der Waals surface area contributed by atoms with E-state index in [9.17, 15) is 9.59 Å². The third-order valence-electron chi connectivity index (χ3n) is 4.45. The lowest BCUT2D eigenvalue weighted by Gasteiger charge is -2.22. The van der Waals surface area contributed by atoms with Gasteiger partial charge in [-0.25, -0.2) is 0 Å². The molecule has 0 saturated heterocycles. The first-order chi connectivity index (χ1) is 14.2. The molecule has 0 atom stereocenters. The number of hydrogen-bond donors (Lipinski definition) is 2. The van der Waals surface area contributed by atoms with Crippen molar-refractivity contribution in [2.24, 2.45) is 0 Å². The van der Waals surface area contributed by atoms with Crippen molar-refractivity contribution in [2.75, 3.05) is 23.3 Å². The fourth-order valence-corrected chi connectivity index (χ4v) is 2.92. The molecular weight excluding hydrogens is 364 g/mol. The maximum atomic E-state index is 12.4. The lowest BCUT2D eigenvalue weighted by Crippen LogP contribution is -2.36. The number of hydrogen-bond acceptors (Lipinski definition) is 4. The van der Waals surface area contributed by atoms with E-state index >= 15 is 0 Å². The molecule has 29 heavy (non-hydrogen) atoms. The molecule has 3 rings (SSSR count). The molecule has 2 aromatic carbocycles. The van der Waals surface area contributed by atoms with Crippen molar-refractivity contribution in [3.8, 4) is 0 Å². The summed E-state index contributed by atoms with van der Waals surface area (Å²) in [4.78, 5) is 30.6. The summed E-state index contributed by atoms with van der Waals surface area (Å²) >= 11 is 0. The van der Waals surface area contributed by atoms with Gasteiger partial charge in [0, 0.05) is 42.4 Å². The molecule has 0 fully saturated rings. The molecule has 148 valence electrons. The summed E-state index contributed by atoms with van der Waals surface area (Å²) in [6.07, 6.45) is 3.16. The van der Waals surface area contributed by atoms with Crippen LogP contribution in [-0.2, 0) is 11.3 Å². The lowest BCUT2D eigenvalue weighted by molar-refractivity contribution is -0.119. The zero-order chi connectivity index (χ0) is 20.5. The van der Waals surface area contributed by atoms with Gasteiger partial charge in [0.25, 0.3) is 5.91 Å². The van der Waals surface area contributed by atoms with Crippen LogP contribution in [0.3, 0.4) is 0 Å². The summed E-state index contributed by atoms with van der Waals surface area (Å²) < 4.78 is 0. The number of benzene rings is 2. The number of nitrogens with one attached hydrogen (secondary N) is 2. The number of likely N-dealkylation sites (N-methyl/N-ethyl adjacent to an activating group) is 1. The van der Waals surface area contributed by atoms with Gasteiger partial charge in [0.05, 0.1) is 6.54 Å². The second-order valence-corrected chi connectivity index (χ2v) is 6.52. The number of carbonyl (C=O) groups excluding carboxylic acids is 2. The third-order valence-corrected chi connectivity index (χ3v) is 4.45. The van der Waals surface area contributed by atoms with Gasteiger partial charge in [-0.2, -0.15) is 0 Å². The molecule has 0 spiro atoms. The number of carbonyl (C=O) groups is 2. The first-order valence-corrected chi connectivity index (χ1v) is 9.52. The molecule has 6 nitrogen and oxygen atoms in total. The molecule has 1 heterocycles. The maximum Gasteiger partial charge on any atom is 0.255 e. The number of aromatic nitrogens is 1. The number of para-hydroxylation sites is 1. The maximum absolute atomic E-state index is 12.4. The summed E-state index contributed by atoms with van der Waals surface area (Å²) in [5.41, 5.74) is 3.15. The Morgan fingerprint density at radius 2 is 1.72 bits per heavy atom. The van der Waals surface area contributed by atoms with Gasteiger partial charge in [0.1, 0.15) is 0 Å². The molecule has 0 saturated carbocycles. The molecule has 0 aliphatic carbocycles. The van der Waals surface area contributed by atoms with Crippen LogP contribution < -0.4 is 15.5 Å². The van der Waals surface area contributed by atoms with Crippen molar-refractivity contribution in [1.82, 2.24) is 10.3 Å².